The maximum atomic E-state index is 12.6. The number of benzene rings is 1. The molecule has 1 aromatic carbocycles. The first-order chi connectivity index (χ1) is 15.5. The Morgan fingerprint density at radius 2 is 1.97 bits per heavy atom. The third-order valence-corrected chi connectivity index (χ3v) is 7.22. The zero-order chi connectivity index (χ0) is 24.3. The van der Waals surface area contributed by atoms with Crippen LogP contribution in [-0.4, -0.2) is 77.6 Å². The second-order valence-corrected chi connectivity index (χ2v) is 10.3. The fraction of sp³-hybridized carbons (Fsp3) is 0.522. The first-order valence-electron chi connectivity index (χ1n) is 10.8. The van der Waals surface area contributed by atoms with Gasteiger partial charge in [0.1, 0.15) is 22.8 Å². The van der Waals surface area contributed by atoms with E-state index in [0.29, 0.717) is 46.0 Å². The van der Waals surface area contributed by atoms with Crippen LogP contribution in [0.3, 0.4) is 0 Å². The van der Waals surface area contributed by atoms with E-state index in [2.05, 4.69) is 10.3 Å². The number of rotatable bonds is 7. The molecule has 0 saturated carbocycles. The van der Waals surface area contributed by atoms with Crippen LogP contribution in [0.1, 0.15) is 39.3 Å². The molecule has 2 heterocycles. The number of thiazole rings is 1. The van der Waals surface area contributed by atoms with Gasteiger partial charge in [-0.15, -0.1) is 0 Å². The predicted octanol–water partition coefficient (Wildman–Crippen LogP) is 3.27. The summed E-state index contributed by atoms with van der Waals surface area (Å²) in [5, 5.41) is 15.0. The number of amides is 2. The number of anilines is 1. The van der Waals surface area contributed by atoms with Gasteiger partial charge in [0, 0.05) is 25.7 Å². The molecule has 0 aliphatic carbocycles. The number of carbonyl (C=O) groups excluding carboxylic acids is 2. The summed E-state index contributed by atoms with van der Waals surface area (Å²) in [7, 11) is 3.35. The van der Waals surface area contributed by atoms with Crippen molar-refractivity contribution in [3.05, 3.63) is 38.9 Å². The zero-order valence-corrected chi connectivity index (χ0v) is 21.3. The quantitative estimate of drug-likeness (QED) is 0.613. The Hall–Kier alpha value is -2.20. The summed E-state index contributed by atoms with van der Waals surface area (Å²) in [5.41, 5.74) is 1.39. The predicted molar refractivity (Wildman–Crippen MR) is 131 cm³/mol. The lowest BCUT2D eigenvalue weighted by atomic mass is 9.93. The average Bonchev–Trinajstić information content (AvgIpc) is 3.09. The smallest absolute Gasteiger partial charge is 0.265 e. The molecule has 33 heavy (non-hydrogen) atoms. The molecular weight excluding hydrogens is 464 g/mol. The van der Waals surface area contributed by atoms with E-state index < -0.39 is 5.60 Å². The number of nitrogens with zero attached hydrogens (tertiary/aromatic N) is 3. The lowest BCUT2D eigenvalue weighted by molar-refractivity contribution is -0.119. The van der Waals surface area contributed by atoms with Crippen molar-refractivity contribution >= 4 is 39.9 Å². The van der Waals surface area contributed by atoms with Gasteiger partial charge in [-0.05, 0) is 63.4 Å². The van der Waals surface area contributed by atoms with E-state index in [4.69, 9.17) is 16.3 Å². The number of halogens is 1. The molecule has 1 aliphatic rings. The van der Waals surface area contributed by atoms with E-state index in [1.807, 2.05) is 30.9 Å². The Labute approximate surface area is 203 Å². The third-order valence-electron chi connectivity index (χ3n) is 5.56. The standard InChI is InChI=1S/C23H31ClN4O4S/c1-14-9-17(10-15(2)19(14)24)32-13-23(31)7-6-8-28(12-23)11-18(29)26-22-25-16(3)20(33-22)21(30)27(4)5/h9-10,31H,6-8,11-13H2,1-5H3,(H,25,26,29). The minimum atomic E-state index is -1.05. The van der Waals surface area contributed by atoms with Crippen molar-refractivity contribution < 1.29 is 19.4 Å². The third kappa shape index (κ3) is 6.44. The van der Waals surface area contributed by atoms with Gasteiger partial charge in [0.2, 0.25) is 5.91 Å². The second kappa shape index (κ2) is 10.4. The Morgan fingerprint density at radius 3 is 2.61 bits per heavy atom. The Morgan fingerprint density at radius 1 is 1.30 bits per heavy atom. The SMILES string of the molecule is Cc1cc(OCC2(O)CCCN(CC(=O)Nc3nc(C)c(C(=O)N(C)C)s3)C2)cc(C)c1Cl. The molecule has 0 bridgehead atoms. The van der Waals surface area contributed by atoms with Gasteiger partial charge in [-0.2, -0.15) is 0 Å². The van der Waals surface area contributed by atoms with Crippen LogP contribution < -0.4 is 10.1 Å². The number of aryl methyl sites for hydroxylation is 3. The largest absolute Gasteiger partial charge is 0.491 e. The van der Waals surface area contributed by atoms with Crippen LogP contribution in [0.2, 0.25) is 5.02 Å². The topological polar surface area (TPSA) is 95.0 Å². The maximum absolute atomic E-state index is 12.6. The lowest BCUT2D eigenvalue weighted by Gasteiger charge is -2.38. The van der Waals surface area contributed by atoms with Crippen LogP contribution in [0.4, 0.5) is 5.13 Å². The number of likely N-dealkylation sites (tertiary alicyclic amines) is 1. The van der Waals surface area contributed by atoms with Crippen LogP contribution in [-0.2, 0) is 4.79 Å². The number of hydrogen-bond acceptors (Lipinski definition) is 7. The van der Waals surface area contributed by atoms with Crippen LogP contribution in [0.25, 0.3) is 0 Å². The van der Waals surface area contributed by atoms with Gasteiger partial charge in [0.15, 0.2) is 5.13 Å². The molecule has 180 valence electrons. The van der Waals surface area contributed by atoms with E-state index >= 15 is 0 Å². The number of carbonyl (C=O) groups is 2. The van der Waals surface area contributed by atoms with Crippen molar-refractivity contribution in [2.45, 2.75) is 39.2 Å². The van der Waals surface area contributed by atoms with Crippen LogP contribution in [0.15, 0.2) is 12.1 Å². The minimum Gasteiger partial charge on any atom is -0.491 e. The van der Waals surface area contributed by atoms with Crippen molar-refractivity contribution in [3.63, 3.8) is 0 Å². The molecule has 1 aromatic heterocycles. The average molecular weight is 495 g/mol. The zero-order valence-electron chi connectivity index (χ0n) is 19.7. The van der Waals surface area contributed by atoms with Crippen LogP contribution in [0, 0.1) is 20.8 Å². The highest BCUT2D eigenvalue weighted by Gasteiger charge is 2.35. The van der Waals surface area contributed by atoms with E-state index in [1.165, 1.54) is 4.90 Å². The van der Waals surface area contributed by atoms with Crippen molar-refractivity contribution in [2.24, 2.45) is 0 Å². The first kappa shape index (κ1) is 25.4. The van der Waals surface area contributed by atoms with Gasteiger partial charge in [-0.1, -0.05) is 22.9 Å². The van der Waals surface area contributed by atoms with E-state index in [9.17, 15) is 14.7 Å². The monoisotopic (exact) mass is 494 g/mol. The second-order valence-electron chi connectivity index (χ2n) is 8.88. The van der Waals surface area contributed by atoms with Crippen molar-refractivity contribution in [3.8, 4) is 5.75 Å². The Bertz CT molecular complexity index is 1020. The van der Waals surface area contributed by atoms with Crippen LogP contribution in [0.5, 0.6) is 5.75 Å². The molecule has 1 atom stereocenters. The number of nitrogens with one attached hydrogen (secondary N) is 1. The van der Waals surface area contributed by atoms with Crippen molar-refractivity contribution in [1.29, 1.82) is 0 Å². The molecule has 8 nitrogen and oxygen atoms in total. The van der Waals surface area contributed by atoms with E-state index in [-0.39, 0.29) is 25.0 Å². The highest BCUT2D eigenvalue weighted by Crippen LogP contribution is 2.28. The first-order valence-corrected chi connectivity index (χ1v) is 12.0. The molecule has 10 heteroatoms. The number of β-amino-alcohol motifs (C(OH)–C–C–N with tert-alkyl or cyclic N) is 1. The van der Waals surface area contributed by atoms with Crippen molar-refractivity contribution in [1.82, 2.24) is 14.8 Å². The van der Waals surface area contributed by atoms with E-state index in [1.54, 1.807) is 21.0 Å². The molecule has 2 N–H and O–H groups in total. The molecule has 0 spiro atoms. The lowest BCUT2D eigenvalue weighted by Crippen LogP contribution is -2.53. The molecule has 3 rings (SSSR count). The van der Waals surface area contributed by atoms with Crippen LogP contribution >= 0.6 is 22.9 Å². The molecule has 0 radical (unpaired) electrons. The molecular formula is C23H31ClN4O4S. The number of aliphatic hydroxyl groups is 1. The van der Waals surface area contributed by atoms with Gasteiger partial charge in [-0.3, -0.25) is 14.5 Å². The molecule has 1 unspecified atom stereocenters. The molecule has 1 saturated heterocycles. The molecule has 1 fully saturated rings. The highest BCUT2D eigenvalue weighted by molar-refractivity contribution is 7.17. The van der Waals surface area contributed by atoms with Gasteiger partial charge in [0.05, 0.1) is 12.2 Å². The van der Waals surface area contributed by atoms with Gasteiger partial charge < -0.3 is 20.1 Å². The normalized spacial score (nSPS) is 18.8. The highest BCUT2D eigenvalue weighted by atomic mass is 35.5. The van der Waals surface area contributed by atoms with Gasteiger partial charge >= 0.3 is 0 Å². The summed E-state index contributed by atoms with van der Waals surface area (Å²) in [4.78, 5) is 33.0. The Kier molecular flexibility index (Phi) is 8.00. The van der Waals surface area contributed by atoms with Gasteiger partial charge in [-0.25, -0.2) is 4.98 Å². The summed E-state index contributed by atoms with van der Waals surface area (Å²) in [6, 6.07) is 3.72. The van der Waals surface area contributed by atoms with Gasteiger partial charge in [0.25, 0.3) is 5.91 Å². The number of ether oxygens (including phenoxy) is 1. The number of aromatic nitrogens is 1. The maximum Gasteiger partial charge on any atom is 0.265 e. The van der Waals surface area contributed by atoms with Crippen molar-refractivity contribution in [2.75, 3.05) is 45.7 Å². The fourth-order valence-electron chi connectivity index (χ4n) is 3.88. The number of piperidine rings is 1. The molecule has 1 aliphatic heterocycles. The molecule has 2 aromatic rings. The summed E-state index contributed by atoms with van der Waals surface area (Å²) < 4.78 is 5.89. The van der Waals surface area contributed by atoms with E-state index in [0.717, 1.165) is 28.9 Å². The summed E-state index contributed by atoms with van der Waals surface area (Å²) in [6.07, 6.45) is 1.35. The molecule has 2 amide bonds. The minimum absolute atomic E-state index is 0.122. The summed E-state index contributed by atoms with van der Waals surface area (Å²) in [6.45, 7) is 6.87. The summed E-state index contributed by atoms with van der Waals surface area (Å²) >= 11 is 7.38. The Balaban J connectivity index is 1.56. The fourth-order valence-corrected chi connectivity index (χ4v) is 4.99. The summed E-state index contributed by atoms with van der Waals surface area (Å²) in [5.74, 6) is 0.291. The number of hydrogen-bond donors (Lipinski definition) is 2.